The zero-order chi connectivity index (χ0) is 12.5. The van der Waals surface area contributed by atoms with Gasteiger partial charge in [0.15, 0.2) is 0 Å². The van der Waals surface area contributed by atoms with Crippen molar-refractivity contribution in [3.63, 3.8) is 0 Å². The van der Waals surface area contributed by atoms with E-state index in [0.29, 0.717) is 12.0 Å². The van der Waals surface area contributed by atoms with E-state index in [0.717, 1.165) is 26.1 Å². The number of piperidine rings is 2. The van der Waals surface area contributed by atoms with Crippen LogP contribution in [0.4, 0.5) is 4.79 Å². The number of likely N-dealkylation sites (tertiary alicyclic amines) is 1. The molecule has 0 aromatic rings. The number of nitrogens with zero attached hydrogens (tertiary/aromatic N) is 1. The second-order valence-corrected chi connectivity index (χ2v) is 6.14. The minimum Gasteiger partial charge on any atom is -0.444 e. The van der Waals surface area contributed by atoms with E-state index in [1.54, 1.807) is 0 Å². The normalized spacial score (nSPS) is 29.7. The van der Waals surface area contributed by atoms with Gasteiger partial charge in [-0.2, -0.15) is 0 Å². The van der Waals surface area contributed by atoms with Crippen molar-refractivity contribution in [2.24, 2.45) is 5.92 Å². The molecule has 2 saturated heterocycles. The van der Waals surface area contributed by atoms with E-state index in [9.17, 15) is 4.79 Å². The first-order chi connectivity index (χ1) is 7.97. The standard InChI is InChI=1S/C13H24N2O2/c1-13(2,3)17-12(16)15-8-4-5-10-6-7-14-9-11(10)15/h10-11,14H,4-9H2,1-3H3/t10-,11-/m1/s1. The van der Waals surface area contributed by atoms with Crippen molar-refractivity contribution in [1.82, 2.24) is 10.2 Å². The number of hydrogen-bond donors (Lipinski definition) is 1. The molecule has 0 saturated carbocycles. The molecule has 2 fully saturated rings. The molecule has 0 bridgehead atoms. The van der Waals surface area contributed by atoms with Crippen molar-refractivity contribution >= 4 is 6.09 Å². The predicted molar refractivity (Wildman–Crippen MR) is 66.9 cm³/mol. The summed E-state index contributed by atoms with van der Waals surface area (Å²) in [5.41, 5.74) is -0.397. The quantitative estimate of drug-likeness (QED) is 0.704. The molecule has 98 valence electrons. The van der Waals surface area contributed by atoms with Crippen molar-refractivity contribution in [3.8, 4) is 0 Å². The molecule has 17 heavy (non-hydrogen) atoms. The molecule has 0 aromatic heterocycles. The van der Waals surface area contributed by atoms with Gasteiger partial charge in [0, 0.05) is 13.1 Å². The van der Waals surface area contributed by atoms with Crippen LogP contribution in [-0.2, 0) is 4.74 Å². The fourth-order valence-corrected chi connectivity index (χ4v) is 2.83. The lowest BCUT2D eigenvalue weighted by Crippen LogP contribution is -2.56. The van der Waals surface area contributed by atoms with Crippen molar-refractivity contribution in [2.75, 3.05) is 19.6 Å². The molecule has 4 heteroatoms. The Morgan fingerprint density at radius 3 is 2.82 bits per heavy atom. The summed E-state index contributed by atoms with van der Waals surface area (Å²) in [4.78, 5) is 14.1. The average molecular weight is 240 g/mol. The molecular weight excluding hydrogens is 216 g/mol. The van der Waals surface area contributed by atoms with E-state index in [-0.39, 0.29) is 6.09 Å². The van der Waals surface area contributed by atoms with Crippen LogP contribution < -0.4 is 5.32 Å². The Morgan fingerprint density at radius 1 is 1.35 bits per heavy atom. The minimum atomic E-state index is -0.397. The molecule has 0 unspecified atom stereocenters. The number of carbonyl (C=O) groups excluding carboxylic acids is 1. The molecule has 0 radical (unpaired) electrons. The van der Waals surface area contributed by atoms with Crippen molar-refractivity contribution in [2.45, 2.75) is 51.7 Å². The van der Waals surface area contributed by atoms with Crippen LogP contribution in [0.2, 0.25) is 0 Å². The van der Waals surface area contributed by atoms with Gasteiger partial charge in [-0.1, -0.05) is 0 Å². The van der Waals surface area contributed by atoms with E-state index in [1.807, 2.05) is 25.7 Å². The Kier molecular flexibility index (Phi) is 3.61. The first kappa shape index (κ1) is 12.7. The Balaban J connectivity index is 2.01. The highest BCUT2D eigenvalue weighted by atomic mass is 16.6. The van der Waals surface area contributed by atoms with E-state index in [2.05, 4.69) is 5.32 Å². The second kappa shape index (κ2) is 4.84. The Bertz CT molecular complexity index is 284. The number of amides is 1. The van der Waals surface area contributed by atoms with Crippen LogP contribution in [0.25, 0.3) is 0 Å². The average Bonchev–Trinajstić information content (AvgIpc) is 2.26. The summed E-state index contributed by atoms with van der Waals surface area (Å²) in [5.74, 6) is 0.664. The van der Waals surface area contributed by atoms with Gasteiger partial charge in [-0.25, -0.2) is 4.79 Å². The Hall–Kier alpha value is -0.770. The zero-order valence-corrected chi connectivity index (χ0v) is 11.2. The summed E-state index contributed by atoms with van der Waals surface area (Å²) < 4.78 is 5.49. The number of fused-ring (bicyclic) bond motifs is 1. The molecule has 2 heterocycles. The highest BCUT2D eigenvalue weighted by molar-refractivity contribution is 5.68. The molecular formula is C13H24N2O2. The third-order valence-electron chi connectivity index (χ3n) is 3.59. The number of ether oxygens (including phenoxy) is 1. The van der Waals surface area contributed by atoms with Crippen LogP contribution in [0, 0.1) is 5.92 Å². The topological polar surface area (TPSA) is 41.6 Å². The maximum atomic E-state index is 12.1. The van der Waals surface area contributed by atoms with Gasteiger partial charge < -0.3 is 15.0 Å². The molecule has 0 aliphatic carbocycles. The SMILES string of the molecule is CC(C)(C)OC(=O)N1CCC[C@@H]2CCNC[C@H]21. The monoisotopic (exact) mass is 240 g/mol. The van der Waals surface area contributed by atoms with E-state index < -0.39 is 5.60 Å². The second-order valence-electron chi connectivity index (χ2n) is 6.14. The summed E-state index contributed by atoms with van der Waals surface area (Å²) in [6.45, 7) is 8.62. The zero-order valence-electron chi connectivity index (χ0n) is 11.2. The lowest BCUT2D eigenvalue weighted by Gasteiger charge is -2.44. The van der Waals surface area contributed by atoms with Gasteiger partial charge in [-0.15, -0.1) is 0 Å². The first-order valence-corrected chi connectivity index (χ1v) is 6.68. The largest absolute Gasteiger partial charge is 0.444 e. The molecule has 1 amide bonds. The van der Waals surface area contributed by atoms with Crippen LogP contribution in [0.3, 0.4) is 0 Å². The molecule has 2 aliphatic rings. The number of rotatable bonds is 0. The van der Waals surface area contributed by atoms with Crippen LogP contribution in [0.15, 0.2) is 0 Å². The summed E-state index contributed by atoms with van der Waals surface area (Å²) in [7, 11) is 0. The molecule has 4 nitrogen and oxygen atoms in total. The highest BCUT2D eigenvalue weighted by Crippen LogP contribution is 2.29. The van der Waals surface area contributed by atoms with Crippen molar-refractivity contribution in [1.29, 1.82) is 0 Å². The molecule has 2 aliphatic heterocycles. The number of hydrogen-bond acceptors (Lipinski definition) is 3. The third kappa shape index (κ3) is 3.12. The van der Waals surface area contributed by atoms with E-state index in [1.165, 1.54) is 12.8 Å². The highest BCUT2D eigenvalue weighted by Gasteiger charge is 2.37. The maximum Gasteiger partial charge on any atom is 0.410 e. The smallest absolute Gasteiger partial charge is 0.410 e. The minimum absolute atomic E-state index is 0.143. The molecule has 2 rings (SSSR count). The van der Waals surface area contributed by atoms with Gasteiger partial charge in [0.25, 0.3) is 0 Å². The first-order valence-electron chi connectivity index (χ1n) is 6.68. The summed E-state index contributed by atoms with van der Waals surface area (Å²) in [6, 6.07) is 0.340. The summed E-state index contributed by atoms with van der Waals surface area (Å²) >= 11 is 0. The van der Waals surface area contributed by atoms with Gasteiger partial charge in [-0.05, 0) is 52.5 Å². The lowest BCUT2D eigenvalue weighted by molar-refractivity contribution is -0.00437. The van der Waals surface area contributed by atoms with Crippen molar-refractivity contribution in [3.05, 3.63) is 0 Å². The van der Waals surface area contributed by atoms with Crippen molar-refractivity contribution < 1.29 is 9.53 Å². The molecule has 2 atom stereocenters. The predicted octanol–water partition coefficient (Wildman–Crippen LogP) is 2.00. The molecule has 0 aromatic carbocycles. The molecule has 0 spiro atoms. The van der Waals surface area contributed by atoms with Gasteiger partial charge in [0.2, 0.25) is 0 Å². The summed E-state index contributed by atoms with van der Waals surface area (Å²) in [6.07, 6.45) is 3.41. The van der Waals surface area contributed by atoms with E-state index in [4.69, 9.17) is 4.74 Å². The maximum absolute atomic E-state index is 12.1. The fraction of sp³-hybridized carbons (Fsp3) is 0.923. The molecule has 1 N–H and O–H groups in total. The number of nitrogens with one attached hydrogen (secondary N) is 1. The number of carbonyl (C=O) groups is 1. The Labute approximate surface area is 104 Å². The van der Waals surface area contributed by atoms with Gasteiger partial charge >= 0.3 is 6.09 Å². The van der Waals surface area contributed by atoms with Gasteiger partial charge in [-0.3, -0.25) is 0 Å². The third-order valence-corrected chi connectivity index (χ3v) is 3.59. The summed E-state index contributed by atoms with van der Waals surface area (Å²) in [5, 5.41) is 3.38. The van der Waals surface area contributed by atoms with Crippen LogP contribution in [0.5, 0.6) is 0 Å². The van der Waals surface area contributed by atoms with Gasteiger partial charge in [0.05, 0.1) is 6.04 Å². The Morgan fingerprint density at radius 2 is 2.12 bits per heavy atom. The van der Waals surface area contributed by atoms with Gasteiger partial charge in [0.1, 0.15) is 5.60 Å². The van der Waals surface area contributed by atoms with Crippen LogP contribution in [-0.4, -0.2) is 42.3 Å². The van der Waals surface area contributed by atoms with Crippen LogP contribution >= 0.6 is 0 Å². The van der Waals surface area contributed by atoms with E-state index >= 15 is 0 Å². The fourth-order valence-electron chi connectivity index (χ4n) is 2.83. The lowest BCUT2D eigenvalue weighted by atomic mass is 9.84. The van der Waals surface area contributed by atoms with Crippen LogP contribution in [0.1, 0.15) is 40.0 Å².